The Balaban J connectivity index is 3.36. The molecule has 78 valence electrons. The van der Waals surface area contributed by atoms with Crippen LogP contribution in [0.5, 0.6) is 5.75 Å². The molecule has 1 aromatic carbocycles. The molecule has 0 radical (unpaired) electrons. The summed E-state index contributed by atoms with van der Waals surface area (Å²) in [5, 5.41) is -0.396. The van der Waals surface area contributed by atoms with Crippen molar-refractivity contribution >= 4 is 34.2 Å². The Morgan fingerprint density at radius 2 is 1.93 bits per heavy atom. The lowest BCUT2D eigenvalue weighted by Crippen LogP contribution is -2.07. The fourth-order valence-corrected chi connectivity index (χ4v) is 2.12. The predicted molar refractivity (Wildman–Crippen MR) is 55.7 cm³/mol. The smallest absolute Gasteiger partial charge is 0.417 e. The van der Waals surface area contributed by atoms with E-state index in [1.54, 1.807) is 0 Å². The van der Waals surface area contributed by atoms with Crippen molar-refractivity contribution in [1.29, 1.82) is 0 Å². The highest BCUT2D eigenvalue weighted by molar-refractivity contribution is 14.1. The van der Waals surface area contributed by atoms with E-state index in [9.17, 15) is 13.2 Å². The molecule has 0 aliphatic rings. The molecule has 0 heterocycles. The summed E-state index contributed by atoms with van der Waals surface area (Å²) < 4.78 is 42.4. The molecule has 0 aliphatic carbocycles. The lowest BCUT2D eigenvalue weighted by Gasteiger charge is -2.12. The monoisotopic (exact) mass is 336 g/mol. The van der Waals surface area contributed by atoms with E-state index >= 15 is 0 Å². The molecule has 0 saturated heterocycles. The first kappa shape index (κ1) is 11.9. The van der Waals surface area contributed by atoms with E-state index < -0.39 is 16.8 Å². The summed E-state index contributed by atoms with van der Waals surface area (Å²) in [6.07, 6.45) is -4.45. The summed E-state index contributed by atoms with van der Waals surface area (Å²) >= 11 is 7.40. The Kier molecular flexibility index (Phi) is 3.52. The number of hydrogen-bond donors (Lipinski definition) is 0. The van der Waals surface area contributed by atoms with Crippen LogP contribution in [0, 0.1) is 3.57 Å². The Morgan fingerprint density at radius 3 is 2.36 bits per heavy atom. The van der Waals surface area contributed by atoms with Gasteiger partial charge in [0.1, 0.15) is 0 Å². The van der Waals surface area contributed by atoms with Crippen molar-refractivity contribution in [2.24, 2.45) is 0 Å². The lowest BCUT2D eigenvalue weighted by atomic mass is 10.2. The van der Waals surface area contributed by atoms with Crippen LogP contribution in [0.4, 0.5) is 13.2 Å². The fourth-order valence-electron chi connectivity index (χ4n) is 0.939. The Labute approximate surface area is 97.3 Å². The van der Waals surface area contributed by atoms with E-state index in [-0.39, 0.29) is 5.75 Å². The van der Waals surface area contributed by atoms with Crippen molar-refractivity contribution < 1.29 is 17.9 Å². The van der Waals surface area contributed by atoms with Crippen molar-refractivity contribution in [3.05, 3.63) is 26.3 Å². The van der Waals surface area contributed by atoms with Crippen LogP contribution in [-0.2, 0) is 6.18 Å². The lowest BCUT2D eigenvalue weighted by molar-refractivity contribution is -0.137. The number of ether oxygens (including phenoxy) is 1. The minimum Gasteiger partial charge on any atom is -0.494 e. The molecule has 0 atom stereocenters. The van der Waals surface area contributed by atoms with Gasteiger partial charge in [0.25, 0.3) is 0 Å². The largest absolute Gasteiger partial charge is 0.494 e. The molecular formula is C8H5ClF3IO. The summed E-state index contributed by atoms with van der Waals surface area (Å²) in [7, 11) is 1.28. The van der Waals surface area contributed by atoms with Crippen molar-refractivity contribution in [3.63, 3.8) is 0 Å². The average molecular weight is 336 g/mol. The molecule has 0 saturated carbocycles. The van der Waals surface area contributed by atoms with Crippen LogP contribution in [0.3, 0.4) is 0 Å². The Hall–Kier alpha value is -0.170. The van der Waals surface area contributed by atoms with Gasteiger partial charge in [0, 0.05) is 0 Å². The van der Waals surface area contributed by atoms with Crippen LogP contribution < -0.4 is 4.74 Å². The summed E-state index contributed by atoms with van der Waals surface area (Å²) in [5.74, 6) is 0.0575. The van der Waals surface area contributed by atoms with Gasteiger partial charge in [0.15, 0.2) is 5.75 Å². The highest BCUT2D eigenvalue weighted by Gasteiger charge is 2.34. The molecule has 0 amide bonds. The van der Waals surface area contributed by atoms with Crippen molar-refractivity contribution in [1.82, 2.24) is 0 Å². The molecule has 0 unspecified atom stereocenters. The molecule has 0 spiro atoms. The Morgan fingerprint density at radius 1 is 1.36 bits per heavy atom. The average Bonchev–Trinajstić information content (AvgIpc) is 2.02. The number of rotatable bonds is 1. The SMILES string of the molecule is COc1c(I)ccc(C(F)(F)F)c1Cl. The number of hydrogen-bond acceptors (Lipinski definition) is 1. The topological polar surface area (TPSA) is 9.23 Å². The number of alkyl halides is 3. The highest BCUT2D eigenvalue weighted by Crippen LogP contribution is 2.41. The second kappa shape index (κ2) is 4.14. The van der Waals surface area contributed by atoms with E-state index in [1.165, 1.54) is 13.2 Å². The van der Waals surface area contributed by atoms with Crippen molar-refractivity contribution in [3.8, 4) is 5.75 Å². The van der Waals surface area contributed by atoms with Crippen LogP contribution in [0.2, 0.25) is 5.02 Å². The number of halogens is 5. The maximum Gasteiger partial charge on any atom is 0.417 e. The third-order valence-corrected chi connectivity index (χ3v) is 2.78. The molecule has 6 heteroatoms. The maximum absolute atomic E-state index is 12.4. The zero-order chi connectivity index (χ0) is 10.9. The van der Waals surface area contributed by atoms with Gasteiger partial charge >= 0.3 is 6.18 Å². The van der Waals surface area contributed by atoms with E-state index in [0.29, 0.717) is 3.57 Å². The van der Waals surface area contributed by atoms with Gasteiger partial charge in [-0.05, 0) is 34.7 Å². The predicted octanol–water partition coefficient (Wildman–Crippen LogP) is 3.97. The van der Waals surface area contributed by atoms with Crippen LogP contribution in [0.1, 0.15) is 5.56 Å². The summed E-state index contributed by atoms with van der Waals surface area (Å²) in [6, 6.07) is 2.25. The minimum atomic E-state index is -4.45. The van der Waals surface area contributed by atoms with Gasteiger partial charge in [-0.3, -0.25) is 0 Å². The van der Waals surface area contributed by atoms with Crippen LogP contribution in [0.25, 0.3) is 0 Å². The normalized spacial score (nSPS) is 11.6. The zero-order valence-electron chi connectivity index (χ0n) is 6.95. The molecule has 0 aromatic heterocycles. The van der Waals surface area contributed by atoms with Crippen molar-refractivity contribution in [2.75, 3.05) is 7.11 Å². The first-order valence-corrected chi connectivity index (χ1v) is 4.92. The molecule has 1 aromatic rings. The van der Waals surface area contributed by atoms with Gasteiger partial charge in [-0.2, -0.15) is 13.2 Å². The molecule has 0 bridgehead atoms. The first-order valence-electron chi connectivity index (χ1n) is 3.47. The van der Waals surface area contributed by atoms with Gasteiger partial charge < -0.3 is 4.74 Å². The van der Waals surface area contributed by atoms with E-state index in [1.807, 2.05) is 22.6 Å². The van der Waals surface area contributed by atoms with Gasteiger partial charge in [-0.1, -0.05) is 11.6 Å². The van der Waals surface area contributed by atoms with Crippen molar-refractivity contribution in [2.45, 2.75) is 6.18 Å². The third-order valence-electron chi connectivity index (χ3n) is 1.56. The van der Waals surface area contributed by atoms with Crippen LogP contribution in [0.15, 0.2) is 12.1 Å². The van der Waals surface area contributed by atoms with Gasteiger partial charge in [0.2, 0.25) is 0 Å². The van der Waals surface area contributed by atoms with Crippen LogP contribution >= 0.6 is 34.2 Å². The number of methoxy groups -OCH3 is 1. The second-order valence-corrected chi connectivity index (χ2v) is 3.98. The summed E-state index contributed by atoms with van der Waals surface area (Å²) in [6.45, 7) is 0. The second-order valence-electron chi connectivity index (χ2n) is 2.44. The highest BCUT2D eigenvalue weighted by atomic mass is 127. The molecule has 0 N–H and O–H groups in total. The molecule has 14 heavy (non-hydrogen) atoms. The van der Waals surface area contributed by atoms with Gasteiger partial charge in [-0.15, -0.1) is 0 Å². The standard InChI is InChI=1S/C8H5ClF3IO/c1-14-7-5(13)3-2-4(6(7)9)8(10,11)12/h2-3H,1H3. The molecular weight excluding hydrogens is 331 g/mol. The quantitative estimate of drug-likeness (QED) is 0.705. The van der Waals surface area contributed by atoms with Gasteiger partial charge in [-0.25, -0.2) is 0 Å². The zero-order valence-corrected chi connectivity index (χ0v) is 9.87. The summed E-state index contributed by atoms with van der Waals surface area (Å²) in [5.41, 5.74) is -0.878. The van der Waals surface area contributed by atoms with E-state index in [4.69, 9.17) is 16.3 Å². The first-order chi connectivity index (χ1) is 6.38. The summed E-state index contributed by atoms with van der Waals surface area (Å²) in [4.78, 5) is 0. The fraction of sp³-hybridized carbons (Fsp3) is 0.250. The van der Waals surface area contributed by atoms with Gasteiger partial charge in [0.05, 0.1) is 21.3 Å². The molecule has 0 aliphatic heterocycles. The van der Waals surface area contributed by atoms with E-state index in [0.717, 1.165) is 6.07 Å². The van der Waals surface area contributed by atoms with Crippen LogP contribution in [-0.4, -0.2) is 7.11 Å². The molecule has 0 fully saturated rings. The Bertz CT molecular complexity index is 351. The molecule has 1 nitrogen and oxygen atoms in total. The maximum atomic E-state index is 12.4. The minimum absolute atomic E-state index is 0.0575. The van der Waals surface area contributed by atoms with E-state index in [2.05, 4.69) is 0 Å². The number of benzene rings is 1. The molecule has 1 rings (SSSR count). The third kappa shape index (κ3) is 2.25.